The van der Waals surface area contributed by atoms with Crippen LogP contribution < -0.4 is 10.6 Å². The van der Waals surface area contributed by atoms with E-state index in [-0.39, 0.29) is 5.91 Å². The maximum Gasteiger partial charge on any atom is 0.232 e. The van der Waals surface area contributed by atoms with Gasteiger partial charge in [0.15, 0.2) is 0 Å². The quantitative estimate of drug-likeness (QED) is 0.227. The van der Waals surface area contributed by atoms with Crippen molar-refractivity contribution >= 4 is 5.91 Å². The maximum absolute atomic E-state index is 13.8. The van der Waals surface area contributed by atoms with E-state index in [0.717, 1.165) is 16.7 Å². The van der Waals surface area contributed by atoms with Gasteiger partial charge in [0.2, 0.25) is 5.91 Å². The molecule has 3 N–H and O–H groups in total. The summed E-state index contributed by atoms with van der Waals surface area (Å²) in [6.45, 7) is 5.39. The molecule has 0 fully saturated rings. The van der Waals surface area contributed by atoms with Crippen molar-refractivity contribution in [1.29, 1.82) is 0 Å². The van der Waals surface area contributed by atoms with Gasteiger partial charge in [0.1, 0.15) is 0 Å². The Morgan fingerprint density at radius 2 is 1.24 bits per heavy atom. The minimum atomic E-state index is -0.764. The summed E-state index contributed by atoms with van der Waals surface area (Å²) in [6.07, 6.45) is -0.228. The van der Waals surface area contributed by atoms with Gasteiger partial charge in [0.05, 0.1) is 18.1 Å². The van der Waals surface area contributed by atoms with Crippen LogP contribution in [0.5, 0.6) is 0 Å². The minimum absolute atomic E-state index is 0.119. The lowest BCUT2D eigenvalue weighted by Crippen LogP contribution is -2.50. The van der Waals surface area contributed by atoms with E-state index in [1.807, 2.05) is 91.0 Å². The Kier molecular flexibility index (Phi) is 9.85. The van der Waals surface area contributed by atoms with E-state index in [1.165, 1.54) is 11.1 Å². The third-order valence-electron chi connectivity index (χ3n) is 6.92. The van der Waals surface area contributed by atoms with Crippen molar-refractivity contribution < 1.29 is 9.90 Å². The van der Waals surface area contributed by atoms with Gasteiger partial charge in [-0.05, 0) is 40.2 Å². The first-order valence-corrected chi connectivity index (χ1v) is 13.4. The molecule has 196 valence electrons. The van der Waals surface area contributed by atoms with Crippen LogP contribution in [-0.4, -0.2) is 29.7 Å². The number of aliphatic hydroxyl groups excluding tert-OH is 1. The lowest BCUT2D eigenvalue weighted by Gasteiger charge is -2.27. The molecule has 4 aromatic carbocycles. The van der Waals surface area contributed by atoms with Crippen LogP contribution in [-0.2, 0) is 17.8 Å². The average Bonchev–Trinajstić information content (AvgIpc) is 2.94. The van der Waals surface area contributed by atoms with E-state index >= 15 is 0 Å². The SMILES string of the molecule is CC(C)c1cccc(CNC[C@@H](O)[C@H](Cc2ccccc2)NC(=O)C(c2ccccc2)c2ccccc2)c1. The molecule has 0 unspecified atom stereocenters. The third-order valence-corrected chi connectivity index (χ3v) is 6.92. The number of hydrogen-bond donors (Lipinski definition) is 3. The van der Waals surface area contributed by atoms with Gasteiger partial charge in [-0.15, -0.1) is 0 Å². The van der Waals surface area contributed by atoms with Crippen molar-refractivity contribution in [2.24, 2.45) is 0 Å². The second-order valence-corrected chi connectivity index (χ2v) is 10.2. The lowest BCUT2D eigenvalue weighted by molar-refractivity contribution is -0.123. The molecule has 0 aliphatic heterocycles. The van der Waals surface area contributed by atoms with E-state index in [9.17, 15) is 9.90 Å². The molecule has 4 nitrogen and oxygen atoms in total. The first-order valence-electron chi connectivity index (χ1n) is 13.4. The first-order chi connectivity index (χ1) is 18.5. The third kappa shape index (κ3) is 7.64. The fourth-order valence-electron chi connectivity index (χ4n) is 4.77. The van der Waals surface area contributed by atoms with E-state index in [1.54, 1.807) is 0 Å². The fourth-order valence-corrected chi connectivity index (χ4v) is 4.77. The maximum atomic E-state index is 13.8. The number of rotatable bonds is 12. The van der Waals surface area contributed by atoms with Crippen LogP contribution >= 0.6 is 0 Å². The van der Waals surface area contributed by atoms with Crippen LogP contribution in [0.25, 0.3) is 0 Å². The van der Waals surface area contributed by atoms with Gasteiger partial charge in [-0.3, -0.25) is 4.79 Å². The monoisotopic (exact) mass is 506 g/mol. The molecule has 4 rings (SSSR count). The highest BCUT2D eigenvalue weighted by Gasteiger charge is 2.28. The van der Waals surface area contributed by atoms with Crippen LogP contribution in [0, 0.1) is 0 Å². The molecular formula is C34H38N2O2. The summed E-state index contributed by atoms with van der Waals surface area (Å²) in [5, 5.41) is 17.9. The molecular weight excluding hydrogens is 468 g/mol. The van der Waals surface area contributed by atoms with Crippen LogP contribution in [0.15, 0.2) is 115 Å². The summed E-state index contributed by atoms with van der Waals surface area (Å²) >= 11 is 0. The van der Waals surface area contributed by atoms with E-state index < -0.39 is 18.1 Å². The summed E-state index contributed by atoms with van der Waals surface area (Å²) < 4.78 is 0. The molecule has 0 bridgehead atoms. The van der Waals surface area contributed by atoms with Gasteiger partial charge < -0.3 is 15.7 Å². The Morgan fingerprint density at radius 1 is 0.711 bits per heavy atom. The summed E-state index contributed by atoms with van der Waals surface area (Å²) in [7, 11) is 0. The Balaban J connectivity index is 1.50. The highest BCUT2D eigenvalue weighted by Crippen LogP contribution is 2.25. The number of amides is 1. The highest BCUT2D eigenvalue weighted by atomic mass is 16.3. The summed E-state index contributed by atoms with van der Waals surface area (Å²) in [5.41, 5.74) is 5.39. The largest absolute Gasteiger partial charge is 0.390 e. The summed E-state index contributed by atoms with van der Waals surface area (Å²) in [4.78, 5) is 13.8. The molecule has 2 atom stereocenters. The molecule has 4 aromatic rings. The fraction of sp³-hybridized carbons (Fsp3) is 0.265. The van der Waals surface area contributed by atoms with Crippen LogP contribution in [0.1, 0.15) is 53.5 Å². The summed E-state index contributed by atoms with van der Waals surface area (Å²) in [6, 6.07) is 37.7. The molecule has 0 radical (unpaired) electrons. The van der Waals surface area contributed by atoms with Gasteiger partial charge in [-0.25, -0.2) is 0 Å². The number of benzene rings is 4. The molecule has 4 heteroatoms. The molecule has 0 aromatic heterocycles. The first kappa shape index (κ1) is 27.3. The number of carbonyl (C=O) groups is 1. The van der Waals surface area contributed by atoms with Crippen molar-refractivity contribution in [1.82, 2.24) is 10.6 Å². The zero-order valence-corrected chi connectivity index (χ0v) is 22.3. The Hall–Kier alpha value is -3.73. The normalized spacial score (nSPS) is 12.9. The smallest absolute Gasteiger partial charge is 0.232 e. The van der Waals surface area contributed by atoms with Crippen molar-refractivity contribution in [3.8, 4) is 0 Å². The second kappa shape index (κ2) is 13.7. The van der Waals surface area contributed by atoms with Crippen LogP contribution in [0.3, 0.4) is 0 Å². The zero-order valence-electron chi connectivity index (χ0n) is 22.3. The highest BCUT2D eigenvalue weighted by molar-refractivity contribution is 5.87. The van der Waals surface area contributed by atoms with Gasteiger partial charge in [-0.1, -0.05) is 129 Å². The van der Waals surface area contributed by atoms with Crippen molar-refractivity contribution in [2.45, 2.75) is 50.8 Å². The van der Waals surface area contributed by atoms with Gasteiger partial charge in [0.25, 0.3) is 0 Å². The minimum Gasteiger partial charge on any atom is -0.390 e. The van der Waals surface area contributed by atoms with Crippen LogP contribution in [0.2, 0.25) is 0 Å². The van der Waals surface area contributed by atoms with Gasteiger partial charge in [0, 0.05) is 13.1 Å². The standard InChI is InChI=1S/C34H38N2O2/c1-25(2)30-20-12-15-27(21-30)23-35-24-32(37)31(22-26-13-6-3-7-14-26)36-34(38)33(28-16-8-4-9-17-28)29-18-10-5-11-19-29/h3-21,25,31-33,35,37H,22-24H2,1-2H3,(H,36,38)/t31-,32+/m0/s1. The van der Waals surface area contributed by atoms with E-state index in [4.69, 9.17) is 0 Å². The number of nitrogens with one attached hydrogen (secondary N) is 2. The summed E-state index contributed by atoms with van der Waals surface area (Å²) in [5.74, 6) is -0.116. The number of aliphatic hydroxyl groups is 1. The molecule has 0 aliphatic rings. The van der Waals surface area contributed by atoms with Gasteiger partial charge in [-0.2, -0.15) is 0 Å². The molecule has 0 heterocycles. The van der Waals surface area contributed by atoms with E-state index in [2.05, 4.69) is 48.7 Å². The molecule has 38 heavy (non-hydrogen) atoms. The molecule has 1 amide bonds. The molecule has 0 saturated carbocycles. The lowest BCUT2D eigenvalue weighted by atomic mass is 9.89. The number of hydrogen-bond acceptors (Lipinski definition) is 3. The van der Waals surface area contributed by atoms with E-state index in [0.29, 0.717) is 25.4 Å². The number of carbonyl (C=O) groups excluding carboxylic acids is 1. The predicted molar refractivity (Wildman–Crippen MR) is 155 cm³/mol. The van der Waals surface area contributed by atoms with Gasteiger partial charge >= 0.3 is 0 Å². The molecule has 0 spiro atoms. The van der Waals surface area contributed by atoms with Crippen molar-refractivity contribution in [3.05, 3.63) is 143 Å². The Morgan fingerprint density at radius 3 is 1.82 bits per heavy atom. The van der Waals surface area contributed by atoms with Crippen molar-refractivity contribution in [3.63, 3.8) is 0 Å². The predicted octanol–water partition coefficient (Wildman–Crippen LogP) is 5.82. The van der Waals surface area contributed by atoms with Crippen molar-refractivity contribution in [2.75, 3.05) is 6.54 Å². The average molecular weight is 507 g/mol. The topological polar surface area (TPSA) is 61.4 Å². The molecule has 0 aliphatic carbocycles. The second-order valence-electron chi connectivity index (χ2n) is 10.2. The molecule has 0 saturated heterocycles. The van der Waals surface area contributed by atoms with Crippen LogP contribution in [0.4, 0.5) is 0 Å². The Labute approximate surface area is 226 Å². The zero-order chi connectivity index (χ0) is 26.7. The Bertz CT molecular complexity index is 1220.